The average Bonchev–Trinajstić information content (AvgIpc) is 3.74. The predicted octanol–water partition coefficient (Wildman–Crippen LogP) is 8.88. The molecule has 0 bridgehead atoms. The van der Waals surface area contributed by atoms with Crippen LogP contribution in [0.15, 0.2) is 95.8 Å². The average molecular weight is 986 g/mol. The summed E-state index contributed by atoms with van der Waals surface area (Å²) in [5, 5.41) is 4.16. The monoisotopic (exact) mass is 985 g/mol. The largest absolute Gasteiger partial charge is 0.493 e. The van der Waals surface area contributed by atoms with Gasteiger partial charge in [0, 0.05) is 61.3 Å². The highest BCUT2D eigenvalue weighted by molar-refractivity contribution is 8.77. The molecule has 0 saturated heterocycles. The van der Waals surface area contributed by atoms with E-state index in [1.807, 2.05) is 64.2 Å². The zero-order valence-corrected chi connectivity index (χ0v) is 42.1. The number of anilines is 3. The van der Waals surface area contributed by atoms with Gasteiger partial charge in [-0.05, 0) is 91.2 Å². The molecule has 1 saturated carbocycles. The van der Waals surface area contributed by atoms with Gasteiger partial charge in [-0.2, -0.15) is 0 Å². The van der Waals surface area contributed by atoms with Crippen LogP contribution in [0.4, 0.5) is 17.1 Å². The number of aromatic nitrogens is 2. The fourth-order valence-electron chi connectivity index (χ4n) is 10.2. The van der Waals surface area contributed by atoms with Crippen LogP contribution in [0, 0.1) is 0 Å². The minimum atomic E-state index is -0.275. The number of fused-ring (bicyclic) bond motifs is 7. The number of hydrogen-bond donors (Lipinski definition) is 1. The van der Waals surface area contributed by atoms with E-state index < -0.39 is 0 Å². The molecule has 70 heavy (non-hydrogen) atoms. The van der Waals surface area contributed by atoms with Crippen molar-refractivity contribution in [3.63, 3.8) is 0 Å². The normalized spacial score (nSPS) is 17.1. The number of amides is 1. The standard InChI is InChI=1S/C54H59N5O9S2/c1-53(2,70-69-6)33-57(15-16-65-19-20-66-18-17-62-3)38-22-34(31-67-47-27-41-40(26-46(47)64-5)52(61)59-44-14-10-8-12-37(44)29-54(59)30-49(54)55-41)21-35(23-38)32-68-48-28-42-39(25-45(48)63-4)51(60)58-43-13-9-7-11-36(43)24-50(58)56-42/h7-14,21-23,25-28,49,55H,15-20,24,29-33H2,1-6H3/t49-,54?/m1/s1. The van der Waals surface area contributed by atoms with Crippen LogP contribution in [0.25, 0.3) is 16.6 Å². The highest BCUT2D eigenvalue weighted by Gasteiger charge is 2.65. The molecule has 6 aromatic rings. The lowest BCUT2D eigenvalue weighted by Crippen LogP contribution is -2.41. The Balaban J connectivity index is 0.950. The molecule has 1 aromatic heterocycles. The van der Waals surface area contributed by atoms with E-state index in [2.05, 4.69) is 54.6 Å². The number of hydrogen-bond acceptors (Lipinski definition) is 14. The van der Waals surface area contributed by atoms with Crippen molar-refractivity contribution >= 4 is 55.5 Å². The maximum Gasteiger partial charge on any atom is 0.266 e. The quantitative estimate of drug-likeness (QED) is 0.0512. The zero-order chi connectivity index (χ0) is 48.6. The van der Waals surface area contributed by atoms with Crippen molar-refractivity contribution in [2.24, 2.45) is 0 Å². The van der Waals surface area contributed by atoms with Crippen molar-refractivity contribution in [2.45, 2.75) is 62.7 Å². The van der Waals surface area contributed by atoms with E-state index in [9.17, 15) is 9.59 Å². The first kappa shape index (κ1) is 47.8. The lowest BCUT2D eigenvalue weighted by atomic mass is 10.1. The summed E-state index contributed by atoms with van der Waals surface area (Å²) in [5.74, 6) is 2.55. The molecule has 5 aromatic carbocycles. The van der Waals surface area contributed by atoms with Crippen molar-refractivity contribution in [2.75, 3.05) is 88.8 Å². The van der Waals surface area contributed by atoms with Gasteiger partial charge in [0.05, 0.1) is 86.7 Å². The molecular formula is C54H59N5O9S2. The van der Waals surface area contributed by atoms with Crippen molar-refractivity contribution in [1.29, 1.82) is 0 Å². The van der Waals surface area contributed by atoms with Gasteiger partial charge in [0.2, 0.25) is 0 Å². The lowest BCUT2D eigenvalue weighted by molar-refractivity contribution is 0.0264. The fourth-order valence-corrected chi connectivity index (χ4v) is 12.4. The van der Waals surface area contributed by atoms with Gasteiger partial charge in [-0.25, -0.2) is 4.98 Å². The van der Waals surface area contributed by atoms with Crippen molar-refractivity contribution in [3.8, 4) is 28.7 Å². The van der Waals surface area contributed by atoms with Crippen LogP contribution >= 0.6 is 21.6 Å². The molecule has 16 heteroatoms. The number of ether oxygens (including phenoxy) is 7. The molecule has 1 fully saturated rings. The zero-order valence-electron chi connectivity index (χ0n) is 40.5. The summed E-state index contributed by atoms with van der Waals surface area (Å²) >= 11 is 0. The fraction of sp³-hybridized carbons (Fsp3) is 0.389. The summed E-state index contributed by atoms with van der Waals surface area (Å²) < 4.78 is 43.5. The number of methoxy groups -OCH3 is 3. The van der Waals surface area contributed by atoms with Crippen LogP contribution in [-0.2, 0) is 40.3 Å². The molecule has 0 radical (unpaired) electrons. The van der Waals surface area contributed by atoms with Crippen LogP contribution in [0.1, 0.15) is 58.7 Å². The molecule has 1 aliphatic carbocycles. The van der Waals surface area contributed by atoms with Gasteiger partial charge >= 0.3 is 0 Å². The summed E-state index contributed by atoms with van der Waals surface area (Å²) in [5.41, 5.74) is 8.27. The SMILES string of the molecule is COCCOCCOCCN(CC(C)(C)SSC)c1cc(COc2cc3c(cc2OC)C(=O)N2c4ccccc4CC24C[C@H]4N3)cc(COc2cc3nc4n(c(=O)c3cc2OC)-c2ccccc2C4)c1. The third-order valence-corrected chi connectivity index (χ3v) is 16.1. The number of benzene rings is 5. The van der Waals surface area contributed by atoms with E-state index in [0.29, 0.717) is 91.3 Å². The third-order valence-electron chi connectivity index (χ3n) is 13.5. The summed E-state index contributed by atoms with van der Waals surface area (Å²) in [6.45, 7) is 8.71. The van der Waals surface area contributed by atoms with E-state index in [-0.39, 0.29) is 41.0 Å². The van der Waals surface area contributed by atoms with E-state index in [1.165, 1.54) is 5.56 Å². The van der Waals surface area contributed by atoms with Crippen molar-refractivity contribution in [1.82, 2.24) is 9.55 Å². The van der Waals surface area contributed by atoms with E-state index in [4.69, 9.17) is 38.1 Å². The van der Waals surface area contributed by atoms with Gasteiger partial charge in [0.1, 0.15) is 19.0 Å². The van der Waals surface area contributed by atoms with Crippen LogP contribution in [0.3, 0.4) is 0 Å². The molecule has 4 aliphatic rings. The molecule has 10 rings (SSSR count). The Morgan fingerprint density at radius 3 is 2.19 bits per heavy atom. The molecule has 1 unspecified atom stereocenters. The Bertz CT molecular complexity index is 3000. The molecule has 366 valence electrons. The summed E-state index contributed by atoms with van der Waals surface area (Å²) in [4.78, 5) is 37.7. The maximum absolute atomic E-state index is 14.4. The Kier molecular flexibility index (Phi) is 13.7. The molecule has 3 aliphatic heterocycles. The van der Waals surface area contributed by atoms with Gasteiger partial charge in [-0.3, -0.25) is 19.1 Å². The minimum absolute atomic E-state index is 0.0412. The van der Waals surface area contributed by atoms with Gasteiger partial charge in [-0.15, -0.1) is 0 Å². The molecular weight excluding hydrogens is 927 g/mol. The molecule has 14 nitrogen and oxygen atoms in total. The second kappa shape index (κ2) is 20.1. The van der Waals surface area contributed by atoms with Crippen LogP contribution in [0.2, 0.25) is 0 Å². The topological polar surface area (TPSA) is 135 Å². The molecule has 4 heterocycles. The number of nitrogens with one attached hydrogen (secondary N) is 1. The lowest BCUT2D eigenvalue weighted by Gasteiger charge is -2.34. The maximum atomic E-state index is 14.4. The first-order valence-corrected chi connectivity index (χ1v) is 26.2. The van der Waals surface area contributed by atoms with E-state index >= 15 is 0 Å². The number of carbonyl (C=O) groups excluding carboxylic acids is 1. The van der Waals surface area contributed by atoms with E-state index in [0.717, 1.165) is 58.8 Å². The Hall–Kier alpha value is -5.91. The second-order valence-electron chi connectivity index (χ2n) is 18.7. The molecule has 1 N–H and O–H groups in total. The highest BCUT2D eigenvalue weighted by atomic mass is 33.1. The molecule has 2 atom stereocenters. The Labute approximate surface area is 416 Å². The predicted molar refractivity (Wildman–Crippen MR) is 277 cm³/mol. The molecule has 1 spiro atoms. The first-order chi connectivity index (χ1) is 34.0. The van der Waals surface area contributed by atoms with Crippen LogP contribution < -0.4 is 39.6 Å². The minimum Gasteiger partial charge on any atom is -0.493 e. The summed E-state index contributed by atoms with van der Waals surface area (Å²) in [6.07, 6.45) is 4.37. The number of nitrogens with zero attached hydrogens (tertiary/aromatic N) is 4. The van der Waals surface area contributed by atoms with Crippen molar-refractivity contribution in [3.05, 3.63) is 135 Å². The Morgan fingerprint density at radius 2 is 1.46 bits per heavy atom. The Morgan fingerprint density at radius 1 is 0.786 bits per heavy atom. The number of para-hydroxylation sites is 2. The van der Waals surface area contributed by atoms with Gasteiger partial charge < -0.3 is 43.4 Å². The van der Waals surface area contributed by atoms with Crippen LogP contribution in [0.5, 0.6) is 23.0 Å². The molecule has 1 amide bonds. The van der Waals surface area contributed by atoms with Gasteiger partial charge in [-0.1, -0.05) is 58.0 Å². The summed E-state index contributed by atoms with van der Waals surface area (Å²) in [7, 11) is 8.41. The van der Waals surface area contributed by atoms with Gasteiger partial charge in [0.25, 0.3) is 11.5 Å². The number of rotatable bonds is 22. The summed E-state index contributed by atoms with van der Waals surface area (Å²) in [6, 6.07) is 29.8. The van der Waals surface area contributed by atoms with Crippen LogP contribution in [-0.4, -0.2) is 105 Å². The van der Waals surface area contributed by atoms with E-state index in [1.54, 1.807) is 54.9 Å². The first-order valence-electron chi connectivity index (χ1n) is 23.7. The third kappa shape index (κ3) is 9.39. The van der Waals surface area contributed by atoms with Gasteiger partial charge in [0.15, 0.2) is 23.0 Å². The second-order valence-corrected chi connectivity index (χ2v) is 21.8. The smallest absolute Gasteiger partial charge is 0.266 e. The highest BCUT2D eigenvalue weighted by Crippen LogP contribution is 2.57. The number of carbonyl (C=O) groups is 1. The van der Waals surface area contributed by atoms with Crippen molar-refractivity contribution < 1.29 is 38.0 Å².